The van der Waals surface area contributed by atoms with E-state index in [9.17, 15) is 24.2 Å². The van der Waals surface area contributed by atoms with Gasteiger partial charge in [0, 0.05) is 6.20 Å². The number of carboxylic acid groups (broad SMARTS) is 1. The first-order valence-electron chi connectivity index (χ1n) is 8.34. The number of hydrogen-bond donors (Lipinski definition) is 4. The fourth-order valence-corrected chi connectivity index (χ4v) is 4.00. The fraction of sp³-hybridized carbons (Fsp3) is 0.562. The summed E-state index contributed by atoms with van der Waals surface area (Å²) in [6.07, 6.45) is 1.04. The minimum Gasteiger partial charge on any atom is -0.479 e. The zero-order chi connectivity index (χ0) is 19.7. The van der Waals surface area contributed by atoms with Crippen molar-refractivity contribution in [3.05, 3.63) is 30.1 Å². The van der Waals surface area contributed by atoms with Crippen molar-refractivity contribution < 1.29 is 28.7 Å². The van der Waals surface area contributed by atoms with Crippen molar-refractivity contribution in [1.29, 1.82) is 0 Å². The highest BCUT2D eigenvalue weighted by Gasteiger charge is 2.40. The Bertz CT molecular complexity index is 640. The van der Waals surface area contributed by atoms with Gasteiger partial charge in [-0.05, 0) is 43.9 Å². The molecule has 0 radical (unpaired) electrons. The number of aromatic nitrogens is 1. The average Bonchev–Trinajstić information content (AvgIpc) is 2.58. The number of carbonyl (C=O) groups excluding carboxylic acids is 1. The molecule has 5 N–H and O–H groups in total. The van der Waals surface area contributed by atoms with E-state index in [0.29, 0.717) is 19.4 Å². The van der Waals surface area contributed by atoms with E-state index < -0.39 is 37.3 Å². The zero-order valence-corrected chi connectivity index (χ0v) is 15.8. The Morgan fingerprint density at radius 1 is 1.35 bits per heavy atom. The van der Waals surface area contributed by atoms with Crippen LogP contribution in [-0.4, -0.2) is 45.3 Å². The maximum Gasteiger partial charge on any atom is 0.351 e. The summed E-state index contributed by atoms with van der Waals surface area (Å²) in [6.45, 7) is 3.64. The molecule has 0 saturated heterocycles. The van der Waals surface area contributed by atoms with Crippen LogP contribution in [0.4, 0.5) is 0 Å². The van der Waals surface area contributed by atoms with Crippen LogP contribution in [0.3, 0.4) is 0 Å². The van der Waals surface area contributed by atoms with Gasteiger partial charge in [0.1, 0.15) is 11.5 Å². The topological polar surface area (TPSA) is 152 Å². The molecule has 146 valence electrons. The standard InChI is InChI=1S/C16H26N3O6P/c1-11(2)15(19-14(20)12-7-4-6-10-18-12)26(23,24)25-13(16(21)22)8-3-5-9-17/h4,6-7,10-11,13,15H,3,5,8-9,17H2,1-2H3,(H,19,20)(H,21,22)(H,23,24)/t13?,15-/m0/s1. The molecule has 2 unspecified atom stereocenters. The van der Waals surface area contributed by atoms with Crippen molar-refractivity contribution >= 4 is 19.5 Å². The quantitative estimate of drug-likeness (QED) is 0.330. The Morgan fingerprint density at radius 3 is 2.54 bits per heavy atom. The molecule has 0 aliphatic heterocycles. The van der Waals surface area contributed by atoms with Gasteiger partial charge in [-0.3, -0.25) is 18.9 Å². The van der Waals surface area contributed by atoms with Gasteiger partial charge < -0.3 is 21.1 Å². The number of nitrogens with one attached hydrogen (secondary N) is 1. The molecule has 0 aromatic carbocycles. The molecule has 0 fully saturated rings. The van der Waals surface area contributed by atoms with Crippen LogP contribution in [0.1, 0.15) is 43.6 Å². The summed E-state index contributed by atoms with van der Waals surface area (Å²) >= 11 is 0. The van der Waals surface area contributed by atoms with Crippen molar-refractivity contribution in [2.24, 2.45) is 11.7 Å². The fourth-order valence-electron chi connectivity index (χ4n) is 2.27. The highest BCUT2D eigenvalue weighted by molar-refractivity contribution is 7.53. The van der Waals surface area contributed by atoms with Crippen LogP contribution < -0.4 is 11.1 Å². The van der Waals surface area contributed by atoms with E-state index in [0.717, 1.165) is 0 Å². The Kier molecular flexibility index (Phi) is 8.87. The van der Waals surface area contributed by atoms with Crippen LogP contribution in [0.5, 0.6) is 0 Å². The first kappa shape index (κ1) is 22.2. The number of nitrogens with two attached hydrogens (primary N) is 1. The summed E-state index contributed by atoms with van der Waals surface area (Å²) in [5.41, 5.74) is 5.45. The monoisotopic (exact) mass is 387 g/mol. The van der Waals surface area contributed by atoms with Crippen molar-refractivity contribution in [2.75, 3.05) is 6.54 Å². The maximum atomic E-state index is 12.7. The van der Waals surface area contributed by atoms with E-state index >= 15 is 0 Å². The third-order valence-corrected chi connectivity index (χ3v) is 5.62. The number of aliphatic carboxylic acids is 1. The molecule has 0 spiro atoms. The highest BCUT2D eigenvalue weighted by Crippen LogP contribution is 2.50. The molecule has 1 aromatic rings. The minimum atomic E-state index is -4.46. The molecule has 1 heterocycles. The average molecular weight is 387 g/mol. The molecule has 9 nitrogen and oxygen atoms in total. The first-order valence-corrected chi connectivity index (χ1v) is 9.99. The zero-order valence-electron chi connectivity index (χ0n) is 14.9. The second-order valence-corrected chi connectivity index (χ2v) is 8.05. The molecule has 1 aromatic heterocycles. The number of nitrogens with zero attached hydrogens (tertiary/aromatic N) is 1. The molecule has 26 heavy (non-hydrogen) atoms. The van der Waals surface area contributed by atoms with E-state index in [2.05, 4.69) is 10.3 Å². The van der Waals surface area contributed by atoms with E-state index in [1.54, 1.807) is 26.0 Å². The Labute approximate surface area is 152 Å². The van der Waals surface area contributed by atoms with Gasteiger partial charge in [0.2, 0.25) is 0 Å². The lowest BCUT2D eigenvalue weighted by Gasteiger charge is -2.28. The van der Waals surface area contributed by atoms with E-state index in [1.165, 1.54) is 12.3 Å². The first-order chi connectivity index (χ1) is 12.2. The van der Waals surface area contributed by atoms with Gasteiger partial charge in [0.15, 0.2) is 6.10 Å². The summed E-state index contributed by atoms with van der Waals surface area (Å²) in [4.78, 5) is 37.8. The second-order valence-electron chi connectivity index (χ2n) is 6.16. The van der Waals surface area contributed by atoms with Crippen LogP contribution in [-0.2, 0) is 13.9 Å². The third kappa shape index (κ3) is 6.84. The molecular formula is C16H26N3O6P. The smallest absolute Gasteiger partial charge is 0.351 e. The summed E-state index contributed by atoms with van der Waals surface area (Å²) in [5.74, 6) is -3.72. The van der Waals surface area contributed by atoms with E-state index in [1.807, 2.05) is 0 Å². The van der Waals surface area contributed by atoms with Gasteiger partial charge >= 0.3 is 13.6 Å². The molecule has 1 amide bonds. The van der Waals surface area contributed by atoms with Gasteiger partial charge in [-0.2, -0.15) is 0 Å². The normalized spacial score (nSPS) is 15.9. The van der Waals surface area contributed by atoms with Crippen molar-refractivity contribution in [1.82, 2.24) is 10.3 Å². The summed E-state index contributed by atoms with van der Waals surface area (Å²) in [6, 6.07) is 4.71. The van der Waals surface area contributed by atoms with Crippen LogP contribution >= 0.6 is 7.60 Å². The van der Waals surface area contributed by atoms with E-state index in [-0.39, 0.29) is 12.1 Å². The summed E-state index contributed by atoms with van der Waals surface area (Å²) in [5, 5.41) is 11.7. The molecule has 1 rings (SSSR count). The molecule has 0 aliphatic rings. The van der Waals surface area contributed by atoms with Crippen LogP contribution in [0.15, 0.2) is 24.4 Å². The molecule has 0 bridgehead atoms. The van der Waals surface area contributed by atoms with Crippen molar-refractivity contribution in [3.63, 3.8) is 0 Å². The summed E-state index contributed by atoms with van der Waals surface area (Å²) in [7, 11) is -4.46. The number of amides is 1. The predicted octanol–water partition coefficient (Wildman–Crippen LogP) is 1.58. The van der Waals surface area contributed by atoms with Crippen molar-refractivity contribution in [2.45, 2.75) is 45.0 Å². The maximum absolute atomic E-state index is 12.7. The predicted molar refractivity (Wildman–Crippen MR) is 95.6 cm³/mol. The van der Waals surface area contributed by atoms with Crippen LogP contribution in [0.2, 0.25) is 0 Å². The lowest BCUT2D eigenvalue weighted by molar-refractivity contribution is -0.145. The van der Waals surface area contributed by atoms with Crippen molar-refractivity contribution in [3.8, 4) is 0 Å². The van der Waals surface area contributed by atoms with Gasteiger partial charge in [-0.15, -0.1) is 0 Å². The SMILES string of the molecule is CC(C)[C@@H](NC(=O)c1ccccn1)P(=O)(O)OC(CCCCN)C(=O)O. The van der Waals surface area contributed by atoms with Crippen LogP contribution in [0.25, 0.3) is 0 Å². The molecule has 10 heteroatoms. The van der Waals surface area contributed by atoms with Crippen LogP contribution in [0, 0.1) is 5.92 Å². The Balaban J connectivity index is 2.89. The van der Waals surface area contributed by atoms with Gasteiger partial charge in [0.05, 0.1) is 0 Å². The summed E-state index contributed by atoms with van der Waals surface area (Å²) < 4.78 is 17.7. The third-order valence-electron chi connectivity index (χ3n) is 3.63. The number of pyridine rings is 1. The number of hydrogen-bond acceptors (Lipinski definition) is 6. The Hall–Kier alpha value is -1.80. The second kappa shape index (κ2) is 10.4. The lowest BCUT2D eigenvalue weighted by atomic mass is 10.1. The lowest BCUT2D eigenvalue weighted by Crippen LogP contribution is -2.40. The number of unbranched alkanes of at least 4 members (excludes halogenated alkanes) is 1. The number of carbonyl (C=O) groups is 2. The van der Waals surface area contributed by atoms with Gasteiger partial charge in [0.25, 0.3) is 5.91 Å². The minimum absolute atomic E-state index is 0.0517. The molecular weight excluding hydrogens is 361 g/mol. The van der Waals surface area contributed by atoms with Gasteiger partial charge in [-0.1, -0.05) is 19.9 Å². The number of carboxylic acids is 1. The molecule has 3 atom stereocenters. The molecule has 0 saturated carbocycles. The highest BCUT2D eigenvalue weighted by atomic mass is 31.2. The van der Waals surface area contributed by atoms with Gasteiger partial charge in [-0.25, -0.2) is 4.79 Å². The van der Waals surface area contributed by atoms with E-state index in [4.69, 9.17) is 10.3 Å². The Morgan fingerprint density at radius 2 is 2.04 bits per heavy atom. The number of rotatable bonds is 11. The largest absolute Gasteiger partial charge is 0.479 e. The molecule has 0 aliphatic carbocycles.